The number of hydrogen-bond acceptors (Lipinski definition) is 5. The molecule has 7 heteroatoms. The number of hydrogen-bond donors (Lipinski definition) is 1. The number of nitrogens with one attached hydrogen (secondary N) is 1. The number of rotatable bonds is 9. The molecule has 0 radical (unpaired) electrons. The Bertz CT molecular complexity index is 1900. The first kappa shape index (κ1) is 29.7. The molecule has 6 rings (SSSR count). The summed E-state index contributed by atoms with van der Waals surface area (Å²) in [5.41, 5.74) is 4.82. The quantitative estimate of drug-likeness (QED) is 0.121. The molecule has 0 saturated heterocycles. The van der Waals surface area contributed by atoms with Gasteiger partial charge in [0.25, 0.3) is 0 Å². The van der Waals surface area contributed by atoms with Crippen LogP contribution in [0.3, 0.4) is 0 Å². The van der Waals surface area contributed by atoms with Crippen LogP contribution in [-0.2, 0) is 17.4 Å². The van der Waals surface area contributed by atoms with Gasteiger partial charge in [0.1, 0.15) is 6.04 Å². The van der Waals surface area contributed by atoms with E-state index in [0.717, 1.165) is 33.4 Å². The lowest BCUT2D eigenvalue weighted by atomic mass is 9.76. The summed E-state index contributed by atoms with van der Waals surface area (Å²) in [6, 6.07) is 42.6. The third-order valence-electron chi connectivity index (χ3n) is 8.28. The van der Waals surface area contributed by atoms with Crippen molar-refractivity contribution in [2.45, 2.75) is 18.5 Å². The molecule has 0 unspecified atom stereocenters. The number of esters is 1. The van der Waals surface area contributed by atoms with E-state index in [1.54, 1.807) is 34.4 Å². The van der Waals surface area contributed by atoms with Gasteiger partial charge in [0.05, 0.1) is 22.3 Å². The molecular formula is C38H36N4O3. The minimum atomic E-state index is -0.850. The Morgan fingerprint density at radius 1 is 0.733 bits per heavy atom. The highest BCUT2D eigenvalue weighted by Gasteiger charge is 2.39. The van der Waals surface area contributed by atoms with Crippen LogP contribution in [0.1, 0.15) is 23.6 Å². The zero-order valence-electron chi connectivity index (χ0n) is 25.8. The summed E-state index contributed by atoms with van der Waals surface area (Å²) in [5.74, 6) is -0.178. The van der Waals surface area contributed by atoms with Crippen LogP contribution in [0.5, 0.6) is 5.75 Å². The van der Waals surface area contributed by atoms with Crippen molar-refractivity contribution in [2.75, 3.05) is 19.0 Å². The first-order valence-corrected chi connectivity index (χ1v) is 15.0. The fraction of sp³-hybridized carbons (Fsp3) is 0.158. The molecule has 0 saturated carbocycles. The van der Waals surface area contributed by atoms with E-state index in [-0.39, 0.29) is 5.69 Å². The number of carbonyl (C=O) groups is 1. The highest BCUT2D eigenvalue weighted by molar-refractivity contribution is 5.84. The second-order valence-corrected chi connectivity index (χ2v) is 11.3. The van der Waals surface area contributed by atoms with E-state index in [1.807, 2.05) is 105 Å². The van der Waals surface area contributed by atoms with Crippen molar-refractivity contribution in [1.29, 1.82) is 0 Å². The molecule has 1 heterocycles. The van der Waals surface area contributed by atoms with Gasteiger partial charge in [-0.1, -0.05) is 103 Å². The maximum atomic E-state index is 14.0. The van der Waals surface area contributed by atoms with Crippen molar-refractivity contribution < 1.29 is 9.53 Å². The van der Waals surface area contributed by atoms with Crippen LogP contribution < -0.4 is 20.6 Å². The van der Waals surface area contributed by atoms with Gasteiger partial charge in [-0.15, -0.1) is 0 Å². The Hall–Kier alpha value is -5.40. The van der Waals surface area contributed by atoms with E-state index in [2.05, 4.69) is 41.7 Å². The van der Waals surface area contributed by atoms with Crippen molar-refractivity contribution in [1.82, 2.24) is 14.5 Å². The van der Waals surface area contributed by atoms with Crippen LogP contribution in [0.4, 0.5) is 5.69 Å². The zero-order chi connectivity index (χ0) is 31.6. The van der Waals surface area contributed by atoms with Crippen LogP contribution in [-0.4, -0.2) is 35.2 Å². The smallest absolute Gasteiger partial charge is 0.333 e. The summed E-state index contributed by atoms with van der Waals surface area (Å²) in [6.07, 6.45) is 0. The summed E-state index contributed by atoms with van der Waals surface area (Å²) in [6.45, 7) is 1.81. The number of fused-ring (bicyclic) bond motifs is 1. The number of carbonyl (C=O) groups excluding carboxylic acids is 1. The SMILES string of the molecule is C[C@H](NC(c1ccccc1)(c1ccccc1)c1ccccc1)C(=O)Oc1ccccc1-n1c(=O)n(C)c2ccc(N(C)C)cc21. The topological polar surface area (TPSA) is 68.5 Å². The molecule has 1 aromatic heterocycles. The Kier molecular flexibility index (Phi) is 8.11. The van der Waals surface area contributed by atoms with E-state index in [1.165, 1.54) is 0 Å². The van der Waals surface area contributed by atoms with Crippen molar-refractivity contribution in [2.24, 2.45) is 7.05 Å². The molecular weight excluding hydrogens is 560 g/mol. The molecule has 0 aliphatic rings. The van der Waals surface area contributed by atoms with Crippen LogP contribution in [0.25, 0.3) is 16.7 Å². The van der Waals surface area contributed by atoms with Gasteiger partial charge in [-0.3, -0.25) is 14.5 Å². The van der Waals surface area contributed by atoms with Crippen LogP contribution >= 0.6 is 0 Å². The molecule has 0 spiro atoms. The van der Waals surface area contributed by atoms with Gasteiger partial charge in [-0.05, 0) is 53.9 Å². The predicted molar refractivity (Wildman–Crippen MR) is 180 cm³/mol. The number of ether oxygens (including phenoxy) is 1. The van der Waals surface area contributed by atoms with Crippen molar-refractivity contribution >= 4 is 22.7 Å². The second-order valence-electron chi connectivity index (χ2n) is 11.3. The first-order valence-electron chi connectivity index (χ1n) is 15.0. The lowest BCUT2D eigenvalue weighted by Crippen LogP contribution is -2.52. The summed E-state index contributed by atoms with van der Waals surface area (Å²) in [7, 11) is 5.65. The Balaban J connectivity index is 1.41. The van der Waals surface area contributed by atoms with Gasteiger partial charge in [-0.2, -0.15) is 0 Å². The van der Waals surface area contributed by atoms with Crippen LogP contribution in [0, 0.1) is 0 Å². The standard InChI is InChI=1S/C38H36N4O3/c1-27(39-38(28-16-8-5-9-17-28,29-18-10-6-11-19-29)30-20-12-7-13-21-30)36(43)45-35-23-15-14-22-33(35)42-34-26-31(40(2)3)24-25-32(34)41(4)37(42)44/h5-27,39H,1-4H3/t27-/m0/s1. The molecule has 6 aromatic rings. The van der Waals surface area contributed by atoms with E-state index < -0.39 is 17.6 Å². The highest BCUT2D eigenvalue weighted by Crippen LogP contribution is 2.37. The first-order chi connectivity index (χ1) is 21.8. The number of benzene rings is 5. The van der Waals surface area contributed by atoms with Gasteiger partial charge in [0.2, 0.25) is 0 Å². The molecule has 1 N–H and O–H groups in total. The van der Waals surface area contributed by atoms with Crippen molar-refractivity contribution in [3.63, 3.8) is 0 Å². The Labute approximate surface area is 262 Å². The third-order valence-corrected chi connectivity index (χ3v) is 8.28. The second kappa shape index (κ2) is 12.3. The van der Waals surface area contributed by atoms with E-state index >= 15 is 0 Å². The minimum Gasteiger partial charge on any atom is -0.423 e. The third kappa shape index (κ3) is 5.43. The highest BCUT2D eigenvalue weighted by atomic mass is 16.5. The largest absolute Gasteiger partial charge is 0.423 e. The molecule has 0 aliphatic carbocycles. The summed E-state index contributed by atoms with van der Waals surface area (Å²) in [4.78, 5) is 29.5. The number of nitrogens with zero attached hydrogens (tertiary/aromatic N) is 3. The Morgan fingerprint density at radius 2 is 1.24 bits per heavy atom. The molecule has 0 amide bonds. The molecule has 7 nitrogen and oxygen atoms in total. The molecule has 5 aromatic carbocycles. The fourth-order valence-electron chi connectivity index (χ4n) is 5.96. The number of aryl methyl sites for hydroxylation is 1. The lowest BCUT2D eigenvalue weighted by Gasteiger charge is -2.38. The van der Waals surface area contributed by atoms with Crippen molar-refractivity contribution in [3.05, 3.63) is 161 Å². The summed E-state index contributed by atoms with van der Waals surface area (Å²) < 4.78 is 9.33. The maximum Gasteiger partial charge on any atom is 0.333 e. The monoisotopic (exact) mass is 596 g/mol. The number of aromatic nitrogens is 2. The minimum absolute atomic E-state index is 0.230. The number of imidazole rings is 1. The maximum absolute atomic E-state index is 14.0. The number of anilines is 1. The van der Waals surface area contributed by atoms with Crippen molar-refractivity contribution in [3.8, 4) is 11.4 Å². The van der Waals surface area contributed by atoms with Gasteiger partial charge in [0.15, 0.2) is 5.75 Å². The molecule has 0 fully saturated rings. The fourth-order valence-corrected chi connectivity index (χ4v) is 5.96. The van der Waals surface area contributed by atoms with Gasteiger partial charge < -0.3 is 9.64 Å². The van der Waals surface area contributed by atoms with E-state index in [9.17, 15) is 9.59 Å². The molecule has 1 atom stereocenters. The van der Waals surface area contributed by atoms with Crippen LogP contribution in [0.2, 0.25) is 0 Å². The van der Waals surface area contributed by atoms with E-state index in [0.29, 0.717) is 11.4 Å². The summed E-state index contributed by atoms with van der Waals surface area (Å²) in [5, 5.41) is 3.67. The van der Waals surface area contributed by atoms with Gasteiger partial charge in [-0.25, -0.2) is 9.59 Å². The molecule has 0 aliphatic heterocycles. The summed E-state index contributed by atoms with van der Waals surface area (Å²) >= 11 is 0. The number of para-hydroxylation sites is 2. The Morgan fingerprint density at radius 3 is 1.78 bits per heavy atom. The molecule has 0 bridgehead atoms. The van der Waals surface area contributed by atoms with Gasteiger partial charge in [0, 0.05) is 26.8 Å². The lowest BCUT2D eigenvalue weighted by molar-refractivity contribution is -0.136. The van der Waals surface area contributed by atoms with Gasteiger partial charge >= 0.3 is 11.7 Å². The average Bonchev–Trinajstić information content (AvgIpc) is 3.33. The molecule has 226 valence electrons. The predicted octanol–water partition coefficient (Wildman–Crippen LogP) is 6.27. The van der Waals surface area contributed by atoms with Crippen LogP contribution in [0.15, 0.2) is 138 Å². The molecule has 45 heavy (non-hydrogen) atoms. The normalized spacial score (nSPS) is 12.2. The average molecular weight is 597 g/mol. The zero-order valence-corrected chi connectivity index (χ0v) is 25.8. The van der Waals surface area contributed by atoms with E-state index in [4.69, 9.17) is 4.74 Å².